The van der Waals surface area contributed by atoms with E-state index in [1.54, 1.807) is 0 Å². The van der Waals surface area contributed by atoms with E-state index in [1.807, 2.05) is 29.2 Å². The van der Waals surface area contributed by atoms with Gasteiger partial charge in [-0.3, -0.25) is 14.5 Å². The Morgan fingerprint density at radius 1 is 1.13 bits per heavy atom. The van der Waals surface area contributed by atoms with Crippen molar-refractivity contribution in [2.24, 2.45) is 0 Å². The Hall–Kier alpha value is -2.38. The van der Waals surface area contributed by atoms with Crippen molar-refractivity contribution >= 4 is 11.8 Å². The number of para-hydroxylation sites is 1. The number of ether oxygens (including phenoxy) is 2. The maximum atomic E-state index is 12.8. The number of amides is 2. The molecule has 1 N–H and O–H groups in total. The highest BCUT2D eigenvalue weighted by Crippen LogP contribution is 2.23. The number of carbonyl (C=O) groups excluding carboxylic acids is 2. The van der Waals surface area contributed by atoms with Gasteiger partial charge in [0.15, 0.2) is 6.61 Å². The van der Waals surface area contributed by atoms with Crippen LogP contribution < -0.4 is 10.1 Å². The van der Waals surface area contributed by atoms with Gasteiger partial charge >= 0.3 is 0 Å². The van der Waals surface area contributed by atoms with Crippen molar-refractivity contribution in [3.05, 3.63) is 42.0 Å². The molecule has 3 aliphatic rings. The molecule has 2 fully saturated rings. The fourth-order valence-corrected chi connectivity index (χ4v) is 4.54. The van der Waals surface area contributed by atoms with Crippen LogP contribution in [0.2, 0.25) is 0 Å². The third-order valence-electron chi connectivity index (χ3n) is 6.16. The van der Waals surface area contributed by atoms with E-state index < -0.39 is 0 Å². The van der Waals surface area contributed by atoms with Gasteiger partial charge in [0.2, 0.25) is 5.91 Å². The molecule has 0 unspecified atom stereocenters. The number of nitrogens with zero attached hydrogens (tertiary/aromatic N) is 2. The molecule has 2 atom stereocenters. The molecular weight excluding hydrogens is 382 g/mol. The van der Waals surface area contributed by atoms with Crippen LogP contribution in [0.15, 0.2) is 36.4 Å². The van der Waals surface area contributed by atoms with E-state index in [-0.39, 0.29) is 30.5 Å². The minimum absolute atomic E-state index is 0.0106. The lowest BCUT2D eigenvalue weighted by Crippen LogP contribution is -2.58. The Balaban J connectivity index is 1.48. The van der Waals surface area contributed by atoms with E-state index in [0.29, 0.717) is 32.8 Å². The van der Waals surface area contributed by atoms with E-state index in [1.165, 1.54) is 0 Å². The number of rotatable bonds is 2. The van der Waals surface area contributed by atoms with Crippen LogP contribution in [-0.4, -0.2) is 79.7 Å². The van der Waals surface area contributed by atoms with Crippen molar-refractivity contribution in [2.75, 3.05) is 46.0 Å². The Morgan fingerprint density at radius 3 is 2.83 bits per heavy atom. The molecule has 0 saturated carbocycles. The molecule has 0 spiro atoms. The van der Waals surface area contributed by atoms with Crippen LogP contribution in [0.25, 0.3) is 0 Å². The van der Waals surface area contributed by atoms with Gasteiger partial charge < -0.3 is 19.7 Å². The standard InChI is InChI=1S/C23H31N3O4/c27-22-17-30-21-10-4-2-7-18(21)6-1-3-9-20-19(24-22)8-5-11-26(20)16-23(28)25-12-14-29-15-13-25/h1-4,7,10,19-20H,5-6,8-9,11-17H2,(H,24,27)/b3-1+/t19-,20-/m1/s1. The molecule has 0 aliphatic carbocycles. The van der Waals surface area contributed by atoms with Crippen LogP contribution in [0.1, 0.15) is 24.8 Å². The number of piperidine rings is 1. The van der Waals surface area contributed by atoms with Crippen LogP contribution in [-0.2, 0) is 20.7 Å². The monoisotopic (exact) mass is 413 g/mol. The molecule has 1 aromatic rings. The van der Waals surface area contributed by atoms with Crippen molar-refractivity contribution in [3.8, 4) is 5.75 Å². The number of fused-ring (bicyclic) bond motifs is 2. The van der Waals surface area contributed by atoms with Crippen LogP contribution in [0.5, 0.6) is 5.75 Å². The molecule has 7 heteroatoms. The molecule has 3 heterocycles. The van der Waals surface area contributed by atoms with E-state index in [9.17, 15) is 9.59 Å². The zero-order chi connectivity index (χ0) is 20.8. The van der Waals surface area contributed by atoms with Crippen molar-refractivity contribution < 1.29 is 19.1 Å². The van der Waals surface area contributed by atoms with Gasteiger partial charge in [0.25, 0.3) is 5.91 Å². The Labute approximate surface area is 178 Å². The molecular formula is C23H31N3O4. The summed E-state index contributed by atoms with van der Waals surface area (Å²) in [5, 5.41) is 3.17. The fraction of sp³-hybridized carbons (Fsp3) is 0.565. The summed E-state index contributed by atoms with van der Waals surface area (Å²) in [5.41, 5.74) is 1.07. The summed E-state index contributed by atoms with van der Waals surface area (Å²) in [7, 11) is 0. The Kier molecular flexibility index (Phi) is 7.02. The third-order valence-corrected chi connectivity index (χ3v) is 6.16. The summed E-state index contributed by atoms with van der Waals surface area (Å²) in [6.07, 6.45) is 7.81. The molecule has 2 amide bonds. The lowest BCUT2D eigenvalue weighted by Gasteiger charge is -2.42. The Morgan fingerprint density at radius 2 is 1.97 bits per heavy atom. The second-order valence-electron chi connectivity index (χ2n) is 8.15. The van der Waals surface area contributed by atoms with Gasteiger partial charge in [0.05, 0.1) is 19.8 Å². The number of likely N-dealkylation sites (tertiary alicyclic amines) is 1. The molecule has 0 bridgehead atoms. The molecule has 4 rings (SSSR count). The SMILES string of the molecule is O=C1COc2ccccc2C/C=C/C[C@@H]2[C@@H](CCCN2CC(=O)N2CCOCC2)N1. The van der Waals surface area contributed by atoms with Crippen LogP contribution in [0, 0.1) is 0 Å². The smallest absolute Gasteiger partial charge is 0.258 e. The Bertz CT molecular complexity index is 775. The zero-order valence-corrected chi connectivity index (χ0v) is 17.4. The average Bonchev–Trinajstić information content (AvgIpc) is 2.77. The van der Waals surface area contributed by atoms with Crippen LogP contribution in [0.4, 0.5) is 0 Å². The molecule has 1 aromatic carbocycles. The average molecular weight is 414 g/mol. The van der Waals surface area contributed by atoms with Crippen molar-refractivity contribution in [2.45, 2.75) is 37.8 Å². The van der Waals surface area contributed by atoms with Gasteiger partial charge in [-0.1, -0.05) is 30.4 Å². The zero-order valence-electron chi connectivity index (χ0n) is 17.4. The quantitative estimate of drug-likeness (QED) is 0.742. The number of allylic oxidation sites excluding steroid dienone is 1. The molecule has 30 heavy (non-hydrogen) atoms. The molecule has 2 saturated heterocycles. The predicted molar refractivity (Wildman–Crippen MR) is 113 cm³/mol. The van der Waals surface area contributed by atoms with Gasteiger partial charge in [-0.05, 0) is 43.9 Å². The van der Waals surface area contributed by atoms with Crippen LogP contribution >= 0.6 is 0 Å². The van der Waals surface area contributed by atoms with E-state index in [4.69, 9.17) is 9.47 Å². The first-order valence-corrected chi connectivity index (χ1v) is 11.0. The maximum Gasteiger partial charge on any atom is 0.258 e. The van der Waals surface area contributed by atoms with Gasteiger partial charge in [-0.2, -0.15) is 0 Å². The van der Waals surface area contributed by atoms with E-state index in [0.717, 1.165) is 43.5 Å². The van der Waals surface area contributed by atoms with Crippen molar-refractivity contribution in [1.82, 2.24) is 15.1 Å². The number of hydrogen-bond donors (Lipinski definition) is 1. The number of morpholine rings is 1. The van der Waals surface area contributed by atoms with Gasteiger partial charge in [0, 0.05) is 25.2 Å². The largest absolute Gasteiger partial charge is 0.483 e. The minimum atomic E-state index is -0.106. The first-order chi connectivity index (χ1) is 14.7. The van der Waals surface area contributed by atoms with E-state index in [2.05, 4.69) is 22.4 Å². The second kappa shape index (κ2) is 10.1. The summed E-state index contributed by atoms with van der Waals surface area (Å²) < 4.78 is 11.2. The molecule has 162 valence electrons. The van der Waals surface area contributed by atoms with Gasteiger partial charge in [-0.25, -0.2) is 0 Å². The summed E-state index contributed by atoms with van der Waals surface area (Å²) in [4.78, 5) is 29.5. The maximum absolute atomic E-state index is 12.8. The highest BCUT2D eigenvalue weighted by atomic mass is 16.5. The molecule has 0 radical (unpaired) electrons. The summed E-state index contributed by atoms with van der Waals surface area (Å²) in [6.45, 7) is 3.82. The number of hydrogen-bond acceptors (Lipinski definition) is 5. The molecule has 7 nitrogen and oxygen atoms in total. The molecule has 3 aliphatic heterocycles. The topological polar surface area (TPSA) is 71.1 Å². The van der Waals surface area contributed by atoms with Crippen molar-refractivity contribution in [1.29, 1.82) is 0 Å². The summed E-state index contributed by atoms with van der Waals surface area (Å²) in [5.74, 6) is 0.805. The normalized spacial score (nSPS) is 26.8. The number of carbonyl (C=O) groups is 2. The number of nitrogens with one attached hydrogen (secondary N) is 1. The predicted octanol–water partition coefficient (Wildman–Crippen LogP) is 1.38. The lowest BCUT2D eigenvalue weighted by atomic mass is 9.92. The first-order valence-electron chi connectivity index (χ1n) is 11.0. The van der Waals surface area contributed by atoms with Crippen LogP contribution in [0.3, 0.4) is 0 Å². The van der Waals surface area contributed by atoms with Gasteiger partial charge in [-0.15, -0.1) is 0 Å². The lowest BCUT2D eigenvalue weighted by molar-refractivity contribution is -0.137. The van der Waals surface area contributed by atoms with E-state index >= 15 is 0 Å². The van der Waals surface area contributed by atoms with Gasteiger partial charge in [0.1, 0.15) is 5.75 Å². The highest BCUT2D eigenvalue weighted by molar-refractivity contribution is 5.79. The third kappa shape index (κ3) is 5.21. The highest BCUT2D eigenvalue weighted by Gasteiger charge is 2.33. The summed E-state index contributed by atoms with van der Waals surface area (Å²) in [6, 6.07) is 7.97. The molecule has 0 aromatic heterocycles. The minimum Gasteiger partial charge on any atom is -0.483 e. The number of benzene rings is 1. The fourth-order valence-electron chi connectivity index (χ4n) is 4.54. The second-order valence-corrected chi connectivity index (χ2v) is 8.15. The van der Waals surface area contributed by atoms with Crippen molar-refractivity contribution in [3.63, 3.8) is 0 Å². The first kappa shape index (κ1) is 20.9. The summed E-state index contributed by atoms with van der Waals surface area (Å²) >= 11 is 0.